The van der Waals surface area contributed by atoms with Gasteiger partial charge in [-0.1, -0.05) is 25.4 Å². The third-order valence-electron chi connectivity index (χ3n) is 7.23. The van der Waals surface area contributed by atoms with E-state index in [0.717, 1.165) is 25.7 Å². The van der Waals surface area contributed by atoms with Gasteiger partial charge in [-0.2, -0.15) is 18.3 Å². The van der Waals surface area contributed by atoms with Crippen molar-refractivity contribution < 1.29 is 27.6 Å². The van der Waals surface area contributed by atoms with Crippen LogP contribution in [-0.4, -0.2) is 49.1 Å². The predicted octanol–water partition coefficient (Wildman–Crippen LogP) is 5.04. The minimum Gasteiger partial charge on any atom is -0.353 e. The molecule has 3 amide bonds. The number of carbonyl (C=O) groups excluding carboxylic acids is 3. The Morgan fingerprint density at radius 3 is 2.29 bits per heavy atom. The molecule has 0 atom stereocenters. The summed E-state index contributed by atoms with van der Waals surface area (Å²) < 4.78 is 43.1. The zero-order valence-electron chi connectivity index (χ0n) is 23.7. The summed E-state index contributed by atoms with van der Waals surface area (Å²) in [6.45, 7) is 5.59. The zero-order valence-corrected chi connectivity index (χ0v) is 24.4. The van der Waals surface area contributed by atoms with Gasteiger partial charge in [0.2, 0.25) is 5.91 Å². The van der Waals surface area contributed by atoms with E-state index in [1.54, 1.807) is 6.92 Å². The smallest absolute Gasteiger partial charge is 0.353 e. The number of halogens is 4. The molecule has 1 saturated carbocycles. The molecule has 0 radical (unpaired) electrons. The van der Waals surface area contributed by atoms with Gasteiger partial charge in [-0.15, -0.1) is 0 Å². The molecule has 1 fully saturated rings. The number of anilines is 1. The third kappa shape index (κ3) is 6.94. The first-order valence-electron chi connectivity index (χ1n) is 13.7. The summed E-state index contributed by atoms with van der Waals surface area (Å²) in [5.74, 6) is -1.21. The predicted molar refractivity (Wildman–Crippen MR) is 151 cm³/mol. The number of nitrogens with one attached hydrogen (secondary N) is 3. The highest BCUT2D eigenvalue weighted by molar-refractivity contribution is 6.34. The summed E-state index contributed by atoms with van der Waals surface area (Å²) in [6, 6.07) is 4.45. The van der Waals surface area contributed by atoms with Gasteiger partial charge < -0.3 is 20.5 Å². The molecule has 1 aromatic carbocycles. The lowest BCUT2D eigenvalue weighted by Crippen LogP contribution is -2.44. The van der Waals surface area contributed by atoms with Gasteiger partial charge >= 0.3 is 6.18 Å². The molecule has 226 valence electrons. The Labute approximate surface area is 246 Å². The van der Waals surface area contributed by atoms with Gasteiger partial charge in [0.25, 0.3) is 11.8 Å². The summed E-state index contributed by atoms with van der Waals surface area (Å²) >= 11 is 6.38. The van der Waals surface area contributed by atoms with Crippen LogP contribution in [-0.2, 0) is 24.6 Å². The van der Waals surface area contributed by atoms with Crippen LogP contribution in [0.5, 0.6) is 0 Å². The van der Waals surface area contributed by atoms with Crippen molar-refractivity contribution in [3.63, 3.8) is 0 Å². The zero-order chi connectivity index (χ0) is 30.8. The number of alkyl halides is 3. The van der Waals surface area contributed by atoms with Crippen molar-refractivity contribution in [3.05, 3.63) is 52.7 Å². The minimum atomic E-state index is -4.68. The number of benzene rings is 1. The SMILES string of the molecule is CCn1cc(-c2cnc(C(=O)Nc3ccc(C(=O)NC4CCC(NC(=O)C(C)C)CC4)c(Cl)c3)n2C)c(C(F)(F)F)n1. The minimum absolute atomic E-state index is 0.0179. The summed E-state index contributed by atoms with van der Waals surface area (Å²) in [7, 11) is 1.44. The Bertz CT molecular complexity index is 1470. The van der Waals surface area contributed by atoms with Crippen molar-refractivity contribution >= 4 is 35.0 Å². The quantitative estimate of drug-likeness (QED) is 0.331. The molecule has 3 N–H and O–H groups in total. The summed E-state index contributed by atoms with van der Waals surface area (Å²) in [5, 5.41) is 12.4. The molecular weight excluding hydrogens is 575 g/mol. The number of imidazole rings is 1. The molecule has 1 aliphatic carbocycles. The Balaban J connectivity index is 1.39. The van der Waals surface area contributed by atoms with E-state index in [2.05, 4.69) is 26.0 Å². The van der Waals surface area contributed by atoms with E-state index < -0.39 is 17.8 Å². The van der Waals surface area contributed by atoms with Crippen molar-refractivity contribution in [2.45, 2.75) is 71.3 Å². The van der Waals surface area contributed by atoms with E-state index >= 15 is 0 Å². The number of carbonyl (C=O) groups is 3. The second-order valence-electron chi connectivity index (χ2n) is 10.6. The van der Waals surface area contributed by atoms with Crippen LogP contribution in [0.25, 0.3) is 11.3 Å². The number of aromatic nitrogens is 4. The van der Waals surface area contributed by atoms with E-state index in [1.807, 2.05) is 13.8 Å². The molecule has 4 rings (SSSR count). The van der Waals surface area contributed by atoms with E-state index in [0.29, 0.717) is 0 Å². The van der Waals surface area contributed by atoms with Gasteiger partial charge in [-0.3, -0.25) is 19.1 Å². The summed E-state index contributed by atoms with van der Waals surface area (Å²) in [4.78, 5) is 41.8. The van der Waals surface area contributed by atoms with Crippen LogP contribution in [0.3, 0.4) is 0 Å². The average molecular weight is 608 g/mol. The lowest BCUT2D eigenvalue weighted by molar-refractivity contribution is -0.141. The molecule has 0 spiro atoms. The largest absolute Gasteiger partial charge is 0.435 e. The Morgan fingerprint density at radius 1 is 1.07 bits per heavy atom. The van der Waals surface area contributed by atoms with Gasteiger partial charge in [0.1, 0.15) is 0 Å². The van der Waals surface area contributed by atoms with Crippen molar-refractivity contribution in [2.24, 2.45) is 13.0 Å². The average Bonchev–Trinajstić information content (AvgIpc) is 3.53. The van der Waals surface area contributed by atoms with Crippen molar-refractivity contribution in [1.82, 2.24) is 30.0 Å². The maximum absolute atomic E-state index is 13.6. The van der Waals surface area contributed by atoms with Gasteiger partial charge in [-0.05, 0) is 50.8 Å². The topological polar surface area (TPSA) is 123 Å². The number of amides is 3. The lowest BCUT2D eigenvalue weighted by Gasteiger charge is -2.30. The van der Waals surface area contributed by atoms with Crippen molar-refractivity contribution in [1.29, 1.82) is 0 Å². The molecule has 0 unspecified atom stereocenters. The monoisotopic (exact) mass is 607 g/mol. The van der Waals surface area contributed by atoms with Gasteiger partial charge in [0, 0.05) is 43.5 Å². The second kappa shape index (κ2) is 12.6. The Hall–Kier alpha value is -3.87. The van der Waals surface area contributed by atoms with Crippen LogP contribution in [0, 0.1) is 5.92 Å². The highest BCUT2D eigenvalue weighted by Gasteiger charge is 2.38. The standard InChI is InChI=1S/C28H33ClF3N7O3/c1-5-39-14-20(23(37-39)28(30,31)32)22-13-33-24(38(22)4)27(42)36-18-10-11-19(21(29)12-18)26(41)35-17-8-6-16(7-9-17)34-25(40)15(2)3/h10-17H,5-9H2,1-4H3,(H,34,40)(H,35,41)(H,36,42). The Morgan fingerprint density at radius 2 is 1.71 bits per heavy atom. The molecular formula is C28H33ClF3N7O3. The van der Waals surface area contributed by atoms with Gasteiger partial charge in [-0.25, -0.2) is 4.98 Å². The molecule has 42 heavy (non-hydrogen) atoms. The van der Waals surface area contributed by atoms with E-state index in [-0.39, 0.29) is 69.7 Å². The van der Waals surface area contributed by atoms with Crippen molar-refractivity contribution in [2.75, 3.05) is 5.32 Å². The fourth-order valence-electron chi connectivity index (χ4n) is 4.83. The number of nitrogens with zero attached hydrogens (tertiary/aromatic N) is 4. The molecule has 0 aliphatic heterocycles. The first kappa shape index (κ1) is 31.1. The van der Waals surface area contributed by atoms with Crippen molar-refractivity contribution in [3.8, 4) is 11.3 Å². The summed E-state index contributed by atoms with van der Waals surface area (Å²) in [5.41, 5.74) is -0.663. The molecule has 0 saturated heterocycles. The van der Waals surface area contributed by atoms with Crippen LogP contribution in [0.1, 0.15) is 73.1 Å². The highest BCUT2D eigenvalue weighted by atomic mass is 35.5. The maximum Gasteiger partial charge on any atom is 0.435 e. The fraction of sp³-hybridized carbons (Fsp3) is 0.464. The van der Waals surface area contributed by atoms with E-state index in [4.69, 9.17) is 11.6 Å². The van der Waals surface area contributed by atoms with E-state index in [9.17, 15) is 27.6 Å². The normalized spacial score (nSPS) is 17.3. The molecule has 3 aromatic rings. The van der Waals surface area contributed by atoms with Crippen LogP contribution in [0.15, 0.2) is 30.6 Å². The van der Waals surface area contributed by atoms with Crippen LogP contribution < -0.4 is 16.0 Å². The number of hydrogen-bond donors (Lipinski definition) is 3. The first-order chi connectivity index (χ1) is 19.8. The number of aryl methyl sites for hydroxylation is 1. The second-order valence-corrected chi connectivity index (χ2v) is 11.0. The Kier molecular flexibility index (Phi) is 9.29. The molecule has 2 aromatic heterocycles. The fourth-order valence-corrected chi connectivity index (χ4v) is 5.09. The van der Waals surface area contributed by atoms with Crippen LogP contribution in [0.4, 0.5) is 18.9 Å². The number of hydrogen-bond acceptors (Lipinski definition) is 5. The molecule has 10 nitrogen and oxygen atoms in total. The summed E-state index contributed by atoms with van der Waals surface area (Å²) in [6.07, 6.45) is 0.725. The number of rotatable bonds is 8. The van der Waals surface area contributed by atoms with Gasteiger partial charge in [0.05, 0.1) is 28.0 Å². The van der Waals surface area contributed by atoms with Crippen LogP contribution >= 0.6 is 11.6 Å². The first-order valence-corrected chi connectivity index (χ1v) is 14.0. The molecule has 1 aliphatic rings. The molecule has 0 bridgehead atoms. The molecule has 2 heterocycles. The molecule has 14 heteroatoms. The van der Waals surface area contributed by atoms with E-state index in [1.165, 1.54) is 46.9 Å². The van der Waals surface area contributed by atoms with Gasteiger partial charge in [0.15, 0.2) is 11.5 Å². The van der Waals surface area contributed by atoms with Crippen LogP contribution in [0.2, 0.25) is 5.02 Å². The highest BCUT2D eigenvalue weighted by Crippen LogP contribution is 2.36. The third-order valence-corrected chi connectivity index (χ3v) is 7.54. The lowest BCUT2D eigenvalue weighted by atomic mass is 9.90. The maximum atomic E-state index is 13.6.